The Morgan fingerprint density at radius 2 is 1.97 bits per heavy atom. The topological polar surface area (TPSA) is 99.2 Å². The Bertz CT molecular complexity index is 1020. The van der Waals surface area contributed by atoms with E-state index in [4.69, 9.17) is 9.15 Å². The molecule has 9 heteroatoms. The fourth-order valence-electron chi connectivity index (χ4n) is 4.66. The van der Waals surface area contributed by atoms with E-state index < -0.39 is 0 Å². The molecular weight excluding hydrogens is 384 g/mol. The zero-order valence-corrected chi connectivity index (χ0v) is 16.9. The Morgan fingerprint density at radius 3 is 2.73 bits per heavy atom. The number of hydrogen-bond donors (Lipinski definition) is 0. The molecule has 3 aromatic rings. The Morgan fingerprint density at radius 1 is 1.17 bits per heavy atom. The van der Waals surface area contributed by atoms with Crippen LogP contribution >= 0.6 is 0 Å². The molecule has 5 rings (SSSR count). The number of hydrogen-bond acceptors (Lipinski definition) is 7. The zero-order chi connectivity index (χ0) is 20.6. The van der Waals surface area contributed by atoms with E-state index in [1.54, 1.807) is 29.3 Å². The van der Waals surface area contributed by atoms with Crippen LogP contribution in [0.2, 0.25) is 0 Å². The molecule has 9 nitrogen and oxygen atoms in total. The summed E-state index contributed by atoms with van der Waals surface area (Å²) in [5.41, 5.74) is 1.33. The SMILES string of the molecule is CCn1nccc1C(=O)N1CC(c2nnc(-c3ccncc3)o2)C2(CCOCC2)C1. The van der Waals surface area contributed by atoms with E-state index in [-0.39, 0.29) is 17.2 Å². The summed E-state index contributed by atoms with van der Waals surface area (Å²) in [5, 5.41) is 12.9. The minimum atomic E-state index is -0.118. The van der Waals surface area contributed by atoms with Crippen LogP contribution in [0.4, 0.5) is 0 Å². The number of likely N-dealkylation sites (tertiary alicyclic amines) is 1. The molecule has 2 aliphatic heterocycles. The first-order chi connectivity index (χ1) is 14.7. The van der Waals surface area contributed by atoms with Gasteiger partial charge in [-0.1, -0.05) is 0 Å². The van der Waals surface area contributed by atoms with Crippen LogP contribution in [0.5, 0.6) is 0 Å². The van der Waals surface area contributed by atoms with Gasteiger partial charge >= 0.3 is 0 Å². The summed E-state index contributed by atoms with van der Waals surface area (Å²) < 4.78 is 13.5. The van der Waals surface area contributed by atoms with Gasteiger partial charge in [-0.25, -0.2) is 0 Å². The fraction of sp³-hybridized carbons (Fsp3) is 0.476. The molecule has 2 fully saturated rings. The third-order valence-corrected chi connectivity index (χ3v) is 6.32. The number of rotatable bonds is 4. The lowest BCUT2D eigenvalue weighted by Gasteiger charge is -2.36. The molecule has 1 spiro atoms. The molecule has 5 heterocycles. The summed E-state index contributed by atoms with van der Waals surface area (Å²) in [7, 11) is 0. The number of carbonyl (C=O) groups excluding carboxylic acids is 1. The van der Waals surface area contributed by atoms with Crippen LogP contribution in [0, 0.1) is 5.41 Å². The highest BCUT2D eigenvalue weighted by Crippen LogP contribution is 2.49. The monoisotopic (exact) mass is 408 g/mol. The molecule has 0 N–H and O–H groups in total. The van der Waals surface area contributed by atoms with Gasteiger partial charge in [-0.3, -0.25) is 14.5 Å². The van der Waals surface area contributed by atoms with Crippen LogP contribution in [-0.2, 0) is 11.3 Å². The highest BCUT2D eigenvalue weighted by molar-refractivity contribution is 5.92. The quantitative estimate of drug-likeness (QED) is 0.653. The molecular formula is C21H24N6O3. The Kier molecular flexibility index (Phi) is 4.82. The van der Waals surface area contributed by atoms with Gasteiger partial charge in [0.15, 0.2) is 0 Å². The van der Waals surface area contributed by atoms with Gasteiger partial charge in [0.25, 0.3) is 5.91 Å². The largest absolute Gasteiger partial charge is 0.420 e. The summed E-state index contributed by atoms with van der Waals surface area (Å²) in [6, 6.07) is 5.47. The van der Waals surface area contributed by atoms with Crippen LogP contribution in [-0.4, -0.2) is 62.1 Å². The molecule has 3 aromatic heterocycles. The number of carbonyl (C=O) groups is 1. The van der Waals surface area contributed by atoms with E-state index in [0.717, 1.165) is 18.4 Å². The molecule has 1 unspecified atom stereocenters. The molecule has 0 bridgehead atoms. The van der Waals surface area contributed by atoms with Crippen LogP contribution in [0.15, 0.2) is 41.2 Å². The summed E-state index contributed by atoms with van der Waals surface area (Å²) in [4.78, 5) is 19.2. The van der Waals surface area contributed by atoms with Crippen molar-refractivity contribution < 1.29 is 13.9 Å². The third-order valence-electron chi connectivity index (χ3n) is 6.32. The van der Waals surface area contributed by atoms with E-state index in [2.05, 4.69) is 20.3 Å². The van der Waals surface area contributed by atoms with Crippen LogP contribution in [0.25, 0.3) is 11.5 Å². The molecule has 2 saturated heterocycles. The van der Waals surface area contributed by atoms with Crippen LogP contribution in [0.3, 0.4) is 0 Å². The molecule has 1 atom stereocenters. The lowest BCUT2D eigenvalue weighted by molar-refractivity contribution is 0.00902. The summed E-state index contributed by atoms with van der Waals surface area (Å²) >= 11 is 0. The van der Waals surface area contributed by atoms with E-state index in [9.17, 15) is 4.79 Å². The van der Waals surface area contributed by atoms with Gasteiger partial charge in [0.05, 0.1) is 5.92 Å². The van der Waals surface area contributed by atoms with Gasteiger partial charge in [-0.15, -0.1) is 10.2 Å². The van der Waals surface area contributed by atoms with Crippen molar-refractivity contribution in [2.24, 2.45) is 5.41 Å². The third kappa shape index (κ3) is 3.19. The maximum absolute atomic E-state index is 13.3. The average molecular weight is 408 g/mol. The number of aryl methyl sites for hydroxylation is 1. The first kappa shape index (κ1) is 18.9. The maximum Gasteiger partial charge on any atom is 0.272 e. The second-order valence-electron chi connectivity index (χ2n) is 7.93. The average Bonchev–Trinajstić information content (AvgIpc) is 3.53. The highest BCUT2D eigenvalue weighted by atomic mass is 16.5. The molecule has 1 amide bonds. The molecule has 0 radical (unpaired) electrons. The minimum Gasteiger partial charge on any atom is -0.420 e. The normalized spacial score (nSPS) is 20.7. The second-order valence-corrected chi connectivity index (χ2v) is 7.93. The molecule has 0 saturated carbocycles. The first-order valence-corrected chi connectivity index (χ1v) is 10.3. The standard InChI is InChI=1S/C21H24N6O3/c1-2-27-17(5-10-23-27)20(28)26-13-16(21(14-26)6-11-29-12-7-21)19-25-24-18(30-19)15-3-8-22-9-4-15/h3-5,8-10,16H,2,6-7,11-14H2,1H3. The van der Waals surface area contributed by atoms with Gasteiger partial charge in [-0.2, -0.15) is 5.10 Å². The number of ether oxygens (including phenoxy) is 1. The van der Waals surface area contributed by atoms with Crippen molar-refractivity contribution in [1.29, 1.82) is 0 Å². The summed E-state index contributed by atoms with van der Waals surface area (Å²) in [5.74, 6) is 1.04. The maximum atomic E-state index is 13.3. The van der Waals surface area contributed by atoms with Gasteiger partial charge in [0.1, 0.15) is 5.69 Å². The van der Waals surface area contributed by atoms with Crippen LogP contribution < -0.4 is 0 Å². The Hall–Kier alpha value is -3.07. The van der Waals surface area contributed by atoms with Crippen molar-refractivity contribution in [3.8, 4) is 11.5 Å². The van der Waals surface area contributed by atoms with Crippen molar-refractivity contribution in [2.75, 3.05) is 26.3 Å². The van der Waals surface area contributed by atoms with Crippen molar-refractivity contribution in [3.05, 3.63) is 48.4 Å². The van der Waals surface area contributed by atoms with E-state index >= 15 is 0 Å². The van der Waals surface area contributed by atoms with Gasteiger partial charge in [0.2, 0.25) is 11.8 Å². The molecule has 2 aliphatic rings. The predicted molar refractivity (Wildman–Crippen MR) is 107 cm³/mol. The van der Waals surface area contributed by atoms with Gasteiger partial charge in [0, 0.05) is 62.4 Å². The van der Waals surface area contributed by atoms with E-state index in [1.807, 2.05) is 24.0 Å². The Labute approximate surface area is 174 Å². The number of aromatic nitrogens is 5. The predicted octanol–water partition coefficient (Wildman–Crippen LogP) is 2.38. The molecule has 156 valence electrons. The number of amides is 1. The van der Waals surface area contributed by atoms with Gasteiger partial charge < -0.3 is 14.1 Å². The van der Waals surface area contributed by atoms with Crippen LogP contribution in [0.1, 0.15) is 42.1 Å². The smallest absolute Gasteiger partial charge is 0.272 e. The molecule has 30 heavy (non-hydrogen) atoms. The van der Waals surface area contributed by atoms with E-state index in [1.165, 1.54) is 0 Å². The van der Waals surface area contributed by atoms with Crippen molar-refractivity contribution in [3.63, 3.8) is 0 Å². The summed E-state index contributed by atoms with van der Waals surface area (Å²) in [6.07, 6.45) is 6.80. The second kappa shape index (κ2) is 7.64. The molecule has 0 aromatic carbocycles. The Balaban J connectivity index is 1.46. The summed E-state index contributed by atoms with van der Waals surface area (Å²) in [6.45, 7) is 5.19. The van der Waals surface area contributed by atoms with Gasteiger partial charge in [-0.05, 0) is 38.0 Å². The minimum absolute atomic E-state index is 0.00316. The lowest BCUT2D eigenvalue weighted by Crippen LogP contribution is -2.37. The van der Waals surface area contributed by atoms with Crippen molar-refractivity contribution in [1.82, 2.24) is 29.9 Å². The first-order valence-electron chi connectivity index (χ1n) is 10.3. The van der Waals surface area contributed by atoms with Crippen molar-refractivity contribution >= 4 is 5.91 Å². The molecule has 0 aliphatic carbocycles. The lowest BCUT2D eigenvalue weighted by atomic mass is 9.72. The van der Waals surface area contributed by atoms with Crippen molar-refractivity contribution in [2.45, 2.75) is 32.2 Å². The zero-order valence-electron chi connectivity index (χ0n) is 16.9. The highest BCUT2D eigenvalue weighted by Gasteiger charge is 2.51. The fourth-order valence-corrected chi connectivity index (χ4v) is 4.66. The number of nitrogens with zero attached hydrogens (tertiary/aromatic N) is 6. The van der Waals surface area contributed by atoms with E-state index in [0.29, 0.717) is 50.3 Å². The number of pyridine rings is 1.